The van der Waals surface area contributed by atoms with E-state index in [2.05, 4.69) is 13.8 Å². The number of unbranched alkanes of at least 4 members (excludes halogenated alkanes) is 3. The van der Waals surface area contributed by atoms with Crippen molar-refractivity contribution in [3.8, 4) is 0 Å². The third kappa shape index (κ3) is 57.2. The van der Waals surface area contributed by atoms with Crippen molar-refractivity contribution < 1.29 is 43.6 Å². The van der Waals surface area contributed by atoms with Crippen LogP contribution in [-0.4, -0.2) is 0 Å². The fraction of sp³-hybridized carbons (Fsp3) is 1.00. The molecule has 0 bridgehead atoms. The molecule has 3 nitrogen and oxygen atoms in total. The molecule has 0 unspecified atom stereocenters. The maximum absolute atomic E-state index is 8.48. The van der Waals surface area contributed by atoms with Crippen LogP contribution in [0.5, 0.6) is 0 Å². The summed E-state index contributed by atoms with van der Waals surface area (Å²) in [5.74, 6) is 0. The summed E-state index contributed by atoms with van der Waals surface area (Å²) in [5, 5.41) is 0. The van der Waals surface area contributed by atoms with Gasteiger partial charge in [0.15, 0.2) is 0 Å². The van der Waals surface area contributed by atoms with Gasteiger partial charge in [-0.05, 0) is 0 Å². The third-order valence-electron chi connectivity index (χ3n) is 0.957. The van der Waals surface area contributed by atoms with Crippen LogP contribution < -0.4 is 34.5 Å². The van der Waals surface area contributed by atoms with Crippen LogP contribution in [0.1, 0.15) is 39.5 Å². The van der Waals surface area contributed by atoms with Gasteiger partial charge < -0.3 is 4.89 Å². The standard InChI is InChI=1S/C6H14.Na.HO3P/c1-3-5-6-4-2;;1-4(2)3/h3-6H2,1-2H3;;(H,1,2,3)/q;+1;/p-1. The maximum Gasteiger partial charge on any atom is 1.00 e. The predicted molar refractivity (Wildman–Crippen MR) is 38.1 cm³/mol. The summed E-state index contributed by atoms with van der Waals surface area (Å²) >= 11 is 0. The minimum absolute atomic E-state index is 0. The van der Waals surface area contributed by atoms with Crippen LogP contribution in [0.2, 0.25) is 0 Å². The molecule has 0 radical (unpaired) electrons. The van der Waals surface area contributed by atoms with Crippen LogP contribution in [-0.2, 0) is 9.13 Å². The topological polar surface area (TPSA) is 57.2 Å². The first kappa shape index (κ1) is 17.8. The van der Waals surface area contributed by atoms with Gasteiger partial charge in [-0.2, -0.15) is 0 Å². The molecule has 0 aromatic heterocycles. The molecule has 0 rings (SSSR count). The van der Waals surface area contributed by atoms with E-state index < -0.39 is 7.91 Å². The zero-order valence-corrected chi connectivity index (χ0v) is 10.4. The summed E-state index contributed by atoms with van der Waals surface area (Å²) in [6, 6.07) is 0. The van der Waals surface area contributed by atoms with E-state index in [9.17, 15) is 0 Å². The zero-order valence-electron chi connectivity index (χ0n) is 7.50. The molecule has 0 saturated carbocycles. The van der Waals surface area contributed by atoms with Gasteiger partial charge in [-0.1, -0.05) is 39.5 Å². The van der Waals surface area contributed by atoms with Gasteiger partial charge in [0.25, 0.3) is 0 Å². The average Bonchev–Trinajstić information content (AvgIpc) is 1.82. The summed E-state index contributed by atoms with van der Waals surface area (Å²) in [4.78, 5) is 8.48. The Hall–Kier alpha value is 0.860. The van der Waals surface area contributed by atoms with Gasteiger partial charge in [0.1, 0.15) is 0 Å². The fourth-order valence-electron chi connectivity index (χ4n) is 0.500. The van der Waals surface area contributed by atoms with E-state index in [1.54, 1.807) is 0 Å². The van der Waals surface area contributed by atoms with Gasteiger partial charge in [-0.15, -0.1) is 0 Å². The second-order valence-corrected chi connectivity index (χ2v) is 2.38. The van der Waals surface area contributed by atoms with Crippen LogP contribution in [0.25, 0.3) is 0 Å². The fourth-order valence-corrected chi connectivity index (χ4v) is 0.500. The monoisotopic (exact) mass is 188 g/mol. The number of hydrogen-bond donors (Lipinski definition) is 0. The summed E-state index contributed by atoms with van der Waals surface area (Å²) < 4.78 is 17.0. The maximum atomic E-state index is 8.48. The summed E-state index contributed by atoms with van der Waals surface area (Å²) in [5.41, 5.74) is 0. The molecule has 0 heterocycles. The SMILES string of the molecule is CCCCCC.O=P(=O)[O-].[Na+]. The van der Waals surface area contributed by atoms with Gasteiger partial charge in [0.05, 0.1) is 0 Å². The van der Waals surface area contributed by atoms with E-state index in [0.29, 0.717) is 0 Å². The van der Waals surface area contributed by atoms with Crippen LogP contribution in [0, 0.1) is 0 Å². The van der Waals surface area contributed by atoms with E-state index in [4.69, 9.17) is 14.0 Å². The molecule has 0 N–H and O–H groups in total. The van der Waals surface area contributed by atoms with E-state index >= 15 is 0 Å². The molecule has 5 heteroatoms. The van der Waals surface area contributed by atoms with E-state index in [1.807, 2.05) is 0 Å². The Bertz CT molecular complexity index is 102. The van der Waals surface area contributed by atoms with Crippen molar-refractivity contribution in [3.05, 3.63) is 0 Å². The number of hydrogen-bond acceptors (Lipinski definition) is 3. The Morgan fingerprint density at radius 3 is 1.36 bits per heavy atom. The summed E-state index contributed by atoms with van der Waals surface area (Å²) in [6.45, 7) is 4.46. The first-order valence-corrected chi connectivity index (χ1v) is 4.56. The molecule has 0 atom stereocenters. The molecule has 0 aliphatic heterocycles. The Morgan fingerprint density at radius 1 is 1.09 bits per heavy atom. The second-order valence-electron chi connectivity index (χ2n) is 1.93. The molecular formula is C6H14NaO3P. The summed E-state index contributed by atoms with van der Waals surface area (Å²) in [7, 11) is -3.37. The molecule has 0 aliphatic rings. The molecule has 0 aromatic rings. The Kier molecular flexibility index (Phi) is 27.7. The Labute approximate surface area is 90.8 Å². The molecule has 0 aliphatic carbocycles. The van der Waals surface area contributed by atoms with Crippen molar-refractivity contribution in [2.24, 2.45) is 0 Å². The molecule has 11 heavy (non-hydrogen) atoms. The van der Waals surface area contributed by atoms with E-state index in [1.165, 1.54) is 25.7 Å². The third-order valence-corrected chi connectivity index (χ3v) is 0.957. The zero-order chi connectivity index (χ0) is 8.41. The smallest absolute Gasteiger partial charge is 0.744 e. The quantitative estimate of drug-likeness (QED) is 0.325. The Balaban J connectivity index is -0.000000114. The van der Waals surface area contributed by atoms with Crippen molar-refractivity contribution in [3.63, 3.8) is 0 Å². The minimum Gasteiger partial charge on any atom is -0.744 e. The molecule has 0 aromatic carbocycles. The van der Waals surface area contributed by atoms with Crippen LogP contribution in [0.4, 0.5) is 0 Å². The van der Waals surface area contributed by atoms with Gasteiger partial charge in [-0.3, -0.25) is 9.13 Å². The van der Waals surface area contributed by atoms with E-state index in [0.717, 1.165) is 0 Å². The van der Waals surface area contributed by atoms with Gasteiger partial charge in [0, 0.05) is 0 Å². The van der Waals surface area contributed by atoms with Gasteiger partial charge in [0.2, 0.25) is 7.91 Å². The van der Waals surface area contributed by atoms with Crippen LogP contribution in [0.15, 0.2) is 0 Å². The largest absolute Gasteiger partial charge is 1.00 e. The van der Waals surface area contributed by atoms with Gasteiger partial charge in [-0.25, -0.2) is 0 Å². The van der Waals surface area contributed by atoms with Crippen molar-refractivity contribution >= 4 is 7.91 Å². The average molecular weight is 188 g/mol. The first-order chi connectivity index (χ1) is 4.65. The molecule has 0 saturated heterocycles. The minimum atomic E-state index is -3.37. The summed E-state index contributed by atoms with van der Waals surface area (Å²) in [6.07, 6.45) is 5.54. The van der Waals surface area contributed by atoms with Crippen molar-refractivity contribution in [1.82, 2.24) is 0 Å². The first-order valence-electron chi connectivity index (χ1n) is 3.46. The molecule has 0 spiro atoms. The normalized spacial score (nSPS) is 7.18. The Morgan fingerprint density at radius 2 is 1.27 bits per heavy atom. The molecule has 0 fully saturated rings. The second kappa shape index (κ2) is 17.1. The van der Waals surface area contributed by atoms with Crippen molar-refractivity contribution in [2.45, 2.75) is 39.5 Å². The van der Waals surface area contributed by atoms with Crippen LogP contribution in [0.3, 0.4) is 0 Å². The van der Waals surface area contributed by atoms with Crippen LogP contribution >= 0.6 is 7.91 Å². The van der Waals surface area contributed by atoms with Gasteiger partial charge >= 0.3 is 29.6 Å². The molecular weight excluding hydrogens is 174 g/mol. The molecule has 62 valence electrons. The predicted octanol–water partition coefficient (Wildman–Crippen LogP) is -0.975. The molecule has 0 amide bonds. The van der Waals surface area contributed by atoms with E-state index in [-0.39, 0.29) is 29.6 Å². The van der Waals surface area contributed by atoms with Crippen molar-refractivity contribution in [1.29, 1.82) is 0 Å². The van der Waals surface area contributed by atoms with Crippen molar-refractivity contribution in [2.75, 3.05) is 0 Å². The number of rotatable bonds is 3.